The third-order valence-electron chi connectivity index (χ3n) is 3.53. The topological polar surface area (TPSA) is 35.5 Å². The summed E-state index contributed by atoms with van der Waals surface area (Å²) in [5.41, 5.74) is 1.22. The van der Waals surface area contributed by atoms with E-state index in [1.54, 1.807) is 54.6 Å². The third kappa shape index (κ3) is 4.50. The Bertz CT molecular complexity index is 924. The molecule has 0 aliphatic carbocycles. The number of rotatable bonds is 5. The molecule has 0 radical (unpaired) electrons. The Labute approximate surface area is 166 Å². The fraction of sp³-hybridized carbons (Fsp3) is 0.0500. The molecule has 0 atom stereocenters. The van der Waals surface area contributed by atoms with Crippen LogP contribution in [0.4, 0.5) is 0 Å². The molecule has 6 heteroatoms. The van der Waals surface area contributed by atoms with Gasteiger partial charge in [0.15, 0.2) is 5.75 Å². The van der Waals surface area contributed by atoms with Crippen LogP contribution in [0.5, 0.6) is 11.5 Å². The number of hydrogen-bond donors (Lipinski definition) is 0. The van der Waals surface area contributed by atoms with Crippen molar-refractivity contribution in [2.75, 3.05) is 0 Å². The van der Waals surface area contributed by atoms with Gasteiger partial charge < -0.3 is 9.47 Å². The highest BCUT2D eigenvalue weighted by molar-refractivity contribution is 6.43. The minimum Gasteiger partial charge on any atom is -0.488 e. The highest BCUT2D eigenvalue weighted by Crippen LogP contribution is 2.32. The summed E-state index contributed by atoms with van der Waals surface area (Å²) >= 11 is 17.9. The Hall–Kier alpha value is -2.20. The smallest absolute Gasteiger partial charge is 0.347 e. The Morgan fingerprint density at radius 1 is 0.808 bits per heavy atom. The average Bonchev–Trinajstić information content (AvgIpc) is 2.65. The molecule has 0 unspecified atom stereocenters. The van der Waals surface area contributed by atoms with E-state index < -0.39 is 5.97 Å². The van der Waals surface area contributed by atoms with Crippen LogP contribution in [0.1, 0.15) is 15.9 Å². The van der Waals surface area contributed by atoms with E-state index in [2.05, 4.69) is 0 Å². The van der Waals surface area contributed by atoms with Crippen molar-refractivity contribution >= 4 is 40.8 Å². The normalized spacial score (nSPS) is 10.4. The number of para-hydroxylation sites is 1. The van der Waals surface area contributed by atoms with Crippen molar-refractivity contribution in [3.63, 3.8) is 0 Å². The van der Waals surface area contributed by atoms with Crippen LogP contribution in [0.3, 0.4) is 0 Å². The zero-order chi connectivity index (χ0) is 18.5. The molecule has 0 aliphatic rings. The summed E-state index contributed by atoms with van der Waals surface area (Å²) in [5, 5.41) is 1.14. The van der Waals surface area contributed by atoms with Crippen LogP contribution >= 0.6 is 34.8 Å². The molecule has 132 valence electrons. The molecule has 0 aliphatic heterocycles. The van der Waals surface area contributed by atoms with Crippen molar-refractivity contribution in [2.45, 2.75) is 6.61 Å². The summed E-state index contributed by atoms with van der Waals surface area (Å²) in [6.07, 6.45) is 0. The lowest BCUT2D eigenvalue weighted by atomic mass is 10.2. The average molecular weight is 408 g/mol. The van der Waals surface area contributed by atoms with Crippen LogP contribution in [-0.4, -0.2) is 5.97 Å². The molecule has 3 nitrogen and oxygen atoms in total. The molecule has 3 aromatic carbocycles. The molecule has 3 aromatic rings. The number of carbonyl (C=O) groups is 1. The van der Waals surface area contributed by atoms with Gasteiger partial charge in [-0.05, 0) is 42.0 Å². The lowest BCUT2D eigenvalue weighted by molar-refractivity contribution is 0.0730. The minimum atomic E-state index is -0.583. The number of halogens is 3. The molecule has 0 amide bonds. The molecule has 0 saturated carbocycles. The van der Waals surface area contributed by atoms with Crippen LogP contribution in [0.15, 0.2) is 66.7 Å². The van der Waals surface area contributed by atoms with Gasteiger partial charge in [-0.1, -0.05) is 65.1 Å². The van der Waals surface area contributed by atoms with Crippen molar-refractivity contribution in [2.24, 2.45) is 0 Å². The first-order valence-electron chi connectivity index (χ1n) is 7.67. The SMILES string of the molecule is O=C(Oc1cccc(Cl)c1Cl)c1ccccc1OCc1ccc(Cl)cc1. The number of hydrogen-bond acceptors (Lipinski definition) is 3. The van der Waals surface area contributed by atoms with Gasteiger partial charge in [0.1, 0.15) is 22.9 Å². The second-order valence-electron chi connectivity index (χ2n) is 5.35. The molecule has 0 aromatic heterocycles. The molecule has 0 fully saturated rings. The highest BCUT2D eigenvalue weighted by Gasteiger charge is 2.17. The third-order valence-corrected chi connectivity index (χ3v) is 4.59. The van der Waals surface area contributed by atoms with Gasteiger partial charge in [-0.15, -0.1) is 0 Å². The van der Waals surface area contributed by atoms with Gasteiger partial charge in [-0.2, -0.15) is 0 Å². The van der Waals surface area contributed by atoms with Gasteiger partial charge in [0.2, 0.25) is 0 Å². The van der Waals surface area contributed by atoms with Crippen LogP contribution in [0.2, 0.25) is 15.1 Å². The molecule has 0 spiro atoms. The minimum absolute atomic E-state index is 0.182. The molecule has 0 bridgehead atoms. The van der Waals surface area contributed by atoms with Gasteiger partial charge >= 0.3 is 5.97 Å². The Kier molecular flexibility index (Phi) is 6.04. The monoisotopic (exact) mass is 406 g/mol. The quantitative estimate of drug-likeness (QED) is 0.360. The summed E-state index contributed by atoms with van der Waals surface area (Å²) in [6, 6.07) is 18.9. The first-order valence-corrected chi connectivity index (χ1v) is 8.80. The molecular weight excluding hydrogens is 395 g/mol. The van der Waals surface area contributed by atoms with Gasteiger partial charge in [0.05, 0.1) is 5.02 Å². The van der Waals surface area contributed by atoms with Crippen LogP contribution < -0.4 is 9.47 Å². The van der Waals surface area contributed by atoms with Crippen LogP contribution in [-0.2, 0) is 6.61 Å². The van der Waals surface area contributed by atoms with E-state index in [1.165, 1.54) is 0 Å². The van der Waals surface area contributed by atoms with Gasteiger partial charge in [-0.25, -0.2) is 4.79 Å². The van der Waals surface area contributed by atoms with E-state index in [0.717, 1.165) is 5.56 Å². The summed E-state index contributed by atoms with van der Waals surface area (Å²) in [4.78, 5) is 12.5. The van der Waals surface area contributed by atoms with Crippen LogP contribution in [0, 0.1) is 0 Å². The predicted molar refractivity (Wildman–Crippen MR) is 104 cm³/mol. The zero-order valence-electron chi connectivity index (χ0n) is 13.4. The first-order chi connectivity index (χ1) is 12.5. The van der Waals surface area contributed by atoms with E-state index in [0.29, 0.717) is 22.4 Å². The van der Waals surface area contributed by atoms with Gasteiger partial charge in [0.25, 0.3) is 0 Å². The molecule has 26 heavy (non-hydrogen) atoms. The van der Waals surface area contributed by atoms with Crippen molar-refractivity contribution in [1.82, 2.24) is 0 Å². The highest BCUT2D eigenvalue weighted by atomic mass is 35.5. The van der Waals surface area contributed by atoms with Crippen molar-refractivity contribution in [3.05, 3.63) is 92.9 Å². The zero-order valence-corrected chi connectivity index (χ0v) is 15.7. The maximum atomic E-state index is 12.5. The van der Waals surface area contributed by atoms with Crippen molar-refractivity contribution in [1.29, 1.82) is 0 Å². The maximum Gasteiger partial charge on any atom is 0.347 e. The Morgan fingerprint density at radius 3 is 2.27 bits per heavy atom. The van der Waals surface area contributed by atoms with E-state index in [9.17, 15) is 4.79 Å². The maximum absolute atomic E-state index is 12.5. The van der Waals surface area contributed by atoms with Gasteiger partial charge in [-0.3, -0.25) is 0 Å². The Balaban J connectivity index is 1.76. The summed E-state index contributed by atoms with van der Waals surface area (Å²) in [6.45, 7) is 0.291. The number of ether oxygens (including phenoxy) is 2. The second kappa shape index (κ2) is 8.45. The van der Waals surface area contributed by atoms with E-state index in [1.807, 2.05) is 12.1 Å². The molecule has 0 heterocycles. The second-order valence-corrected chi connectivity index (χ2v) is 6.57. The van der Waals surface area contributed by atoms with E-state index in [-0.39, 0.29) is 16.3 Å². The van der Waals surface area contributed by atoms with E-state index in [4.69, 9.17) is 44.3 Å². The Morgan fingerprint density at radius 2 is 1.50 bits per heavy atom. The fourth-order valence-electron chi connectivity index (χ4n) is 2.22. The summed E-state index contributed by atoms with van der Waals surface area (Å²) in [5.74, 6) is 0.0168. The summed E-state index contributed by atoms with van der Waals surface area (Å²) < 4.78 is 11.1. The lowest BCUT2D eigenvalue weighted by Crippen LogP contribution is -2.11. The van der Waals surface area contributed by atoms with Crippen molar-refractivity contribution in [3.8, 4) is 11.5 Å². The number of benzene rings is 3. The number of esters is 1. The lowest BCUT2D eigenvalue weighted by Gasteiger charge is -2.12. The number of carbonyl (C=O) groups excluding carboxylic acids is 1. The molecule has 0 saturated heterocycles. The molecule has 0 N–H and O–H groups in total. The standard InChI is InChI=1S/C20H13Cl3O3/c21-14-10-8-13(9-11-14)12-25-17-6-2-1-4-15(17)20(24)26-18-7-3-5-16(22)19(18)23/h1-11H,12H2. The molecule has 3 rings (SSSR count). The molecular formula is C20H13Cl3O3. The van der Waals surface area contributed by atoms with E-state index >= 15 is 0 Å². The fourth-order valence-corrected chi connectivity index (χ4v) is 2.68. The van der Waals surface area contributed by atoms with Gasteiger partial charge in [0, 0.05) is 5.02 Å². The van der Waals surface area contributed by atoms with Crippen LogP contribution in [0.25, 0.3) is 0 Å². The largest absolute Gasteiger partial charge is 0.488 e. The first kappa shape index (κ1) is 18.6. The predicted octanol–water partition coefficient (Wildman–Crippen LogP) is 6.45. The summed E-state index contributed by atoms with van der Waals surface area (Å²) in [7, 11) is 0. The van der Waals surface area contributed by atoms with Crippen molar-refractivity contribution < 1.29 is 14.3 Å².